The summed E-state index contributed by atoms with van der Waals surface area (Å²) in [7, 11) is 0. The van der Waals surface area contributed by atoms with Crippen LogP contribution in [0.5, 0.6) is 0 Å². The minimum Gasteiger partial charge on any atom is -0.345 e. The fraction of sp³-hybridized carbons (Fsp3) is 0.500. The van der Waals surface area contributed by atoms with Gasteiger partial charge in [0.1, 0.15) is 0 Å². The van der Waals surface area contributed by atoms with Gasteiger partial charge in [-0.1, -0.05) is 6.92 Å². The first-order valence-corrected chi connectivity index (χ1v) is 4.54. The van der Waals surface area contributed by atoms with Crippen molar-refractivity contribution in [2.24, 2.45) is 0 Å². The Labute approximate surface area is 77.4 Å². The van der Waals surface area contributed by atoms with E-state index in [1.54, 1.807) is 6.07 Å². The Kier molecular flexibility index (Phi) is 3.68. The maximum Gasteiger partial charge on any atom is 0.178 e. The zero-order chi connectivity index (χ0) is 9.68. The molecule has 0 spiro atoms. The highest BCUT2D eigenvalue weighted by Crippen LogP contribution is 2.06. The monoisotopic (exact) mass is 183 g/mol. The Bertz CT molecular complexity index is 280. The van der Waals surface area contributed by atoms with E-state index in [9.17, 15) is 9.18 Å². The maximum absolute atomic E-state index is 11.9. The van der Waals surface area contributed by atoms with Crippen LogP contribution < -0.4 is 0 Å². The zero-order valence-corrected chi connectivity index (χ0v) is 7.79. The van der Waals surface area contributed by atoms with E-state index >= 15 is 0 Å². The van der Waals surface area contributed by atoms with Crippen molar-refractivity contribution in [3.05, 3.63) is 24.0 Å². The molecule has 0 aromatic carbocycles. The van der Waals surface area contributed by atoms with Gasteiger partial charge in [-0.2, -0.15) is 0 Å². The molecule has 0 saturated carbocycles. The summed E-state index contributed by atoms with van der Waals surface area (Å²) >= 11 is 0. The first-order valence-electron chi connectivity index (χ1n) is 4.54. The molecule has 0 atom stereocenters. The Hall–Kier alpha value is -1.12. The Morgan fingerprint density at radius 3 is 3.00 bits per heavy atom. The summed E-state index contributed by atoms with van der Waals surface area (Å²) in [6.07, 6.45) is 2.79. The average molecular weight is 183 g/mol. The third kappa shape index (κ3) is 2.41. The van der Waals surface area contributed by atoms with Crippen LogP contribution in [0.15, 0.2) is 18.3 Å². The number of carbonyl (C=O) groups is 1. The molecule has 72 valence electrons. The van der Waals surface area contributed by atoms with Gasteiger partial charge in [-0.3, -0.25) is 9.18 Å². The van der Waals surface area contributed by atoms with Crippen LogP contribution in [0.25, 0.3) is 0 Å². The number of alkyl halides is 1. The van der Waals surface area contributed by atoms with Gasteiger partial charge in [0, 0.05) is 19.2 Å². The molecule has 1 heterocycles. The van der Waals surface area contributed by atoms with E-state index in [0.29, 0.717) is 25.1 Å². The van der Waals surface area contributed by atoms with Gasteiger partial charge >= 0.3 is 0 Å². The maximum atomic E-state index is 11.9. The van der Waals surface area contributed by atoms with E-state index in [2.05, 4.69) is 0 Å². The fourth-order valence-corrected chi connectivity index (χ4v) is 1.27. The highest BCUT2D eigenvalue weighted by atomic mass is 19.1. The molecule has 0 amide bonds. The fourth-order valence-electron chi connectivity index (χ4n) is 1.27. The molecule has 0 saturated heterocycles. The summed E-state index contributed by atoms with van der Waals surface area (Å²) in [6, 6.07) is 3.60. The van der Waals surface area contributed by atoms with Crippen molar-refractivity contribution in [1.82, 2.24) is 4.57 Å². The molecule has 0 aliphatic heterocycles. The number of rotatable bonds is 5. The molecule has 3 heteroatoms. The van der Waals surface area contributed by atoms with Gasteiger partial charge in [0.05, 0.1) is 12.4 Å². The largest absolute Gasteiger partial charge is 0.345 e. The highest BCUT2D eigenvalue weighted by Gasteiger charge is 2.07. The van der Waals surface area contributed by atoms with Crippen LogP contribution in [0, 0.1) is 0 Å². The van der Waals surface area contributed by atoms with Crippen LogP contribution in [0.2, 0.25) is 0 Å². The Balaban J connectivity index is 2.71. The van der Waals surface area contributed by atoms with Gasteiger partial charge in [-0.15, -0.1) is 0 Å². The summed E-state index contributed by atoms with van der Waals surface area (Å²) < 4.78 is 13.7. The number of hydrogen-bond acceptors (Lipinski definition) is 1. The molecule has 0 radical (unpaired) electrons. The van der Waals surface area contributed by atoms with Crippen LogP contribution in [-0.2, 0) is 6.54 Å². The van der Waals surface area contributed by atoms with E-state index in [4.69, 9.17) is 0 Å². The molecule has 0 bridgehead atoms. The number of hydrogen-bond donors (Lipinski definition) is 0. The van der Waals surface area contributed by atoms with Crippen LogP contribution in [-0.4, -0.2) is 17.0 Å². The van der Waals surface area contributed by atoms with Crippen LogP contribution in [0.1, 0.15) is 30.3 Å². The van der Waals surface area contributed by atoms with E-state index in [0.717, 1.165) is 0 Å². The zero-order valence-electron chi connectivity index (χ0n) is 7.79. The summed E-state index contributed by atoms with van der Waals surface area (Å²) in [4.78, 5) is 11.3. The number of ketones is 1. The number of nitrogens with zero attached hydrogens (tertiary/aromatic N) is 1. The lowest BCUT2D eigenvalue weighted by Crippen LogP contribution is -2.07. The summed E-state index contributed by atoms with van der Waals surface area (Å²) in [5, 5.41) is 0. The van der Waals surface area contributed by atoms with Crippen molar-refractivity contribution >= 4 is 5.78 Å². The first-order chi connectivity index (χ1) is 6.29. The SMILES string of the molecule is CCC(=O)c1cccn1CCCF. The van der Waals surface area contributed by atoms with Crippen LogP contribution in [0.3, 0.4) is 0 Å². The van der Waals surface area contributed by atoms with Gasteiger partial charge in [0.25, 0.3) is 0 Å². The van der Waals surface area contributed by atoms with Crippen molar-refractivity contribution in [3.63, 3.8) is 0 Å². The predicted molar refractivity (Wildman–Crippen MR) is 49.6 cm³/mol. The molecule has 1 rings (SSSR count). The number of aryl methyl sites for hydroxylation is 1. The van der Waals surface area contributed by atoms with E-state index in [1.807, 2.05) is 23.8 Å². The highest BCUT2D eigenvalue weighted by molar-refractivity contribution is 5.94. The molecule has 0 N–H and O–H groups in total. The minimum absolute atomic E-state index is 0.115. The quantitative estimate of drug-likeness (QED) is 0.642. The summed E-state index contributed by atoms with van der Waals surface area (Å²) in [6.45, 7) is 2.08. The second-order valence-corrected chi connectivity index (χ2v) is 2.91. The summed E-state index contributed by atoms with van der Waals surface area (Å²) in [5.74, 6) is 0.115. The van der Waals surface area contributed by atoms with Crippen molar-refractivity contribution < 1.29 is 9.18 Å². The molecule has 1 aromatic rings. The van der Waals surface area contributed by atoms with Crippen molar-refractivity contribution in [1.29, 1.82) is 0 Å². The van der Waals surface area contributed by atoms with Gasteiger partial charge in [-0.05, 0) is 18.6 Å². The Morgan fingerprint density at radius 2 is 2.38 bits per heavy atom. The topological polar surface area (TPSA) is 22.0 Å². The van der Waals surface area contributed by atoms with E-state index < -0.39 is 0 Å². The Morgan fingerprint density at radius 1 is 1.62 bits per heavy atom. The molecular weight excluding hydrogens is 169 g/mol. The normalized spacial score (nSPS) is 10.3. The van der Waals surface area contributed by atoms with Crippen molar-refractivity contribution in [3.8, 4) is 0 Å². The van der Waals surface area contributed by atoms with E-state index in [1.165, 1.54) is 0 Å². The third-order valence-electron chi connectivity index (χ3n) is 1.97. The second-order valence-electron chi connectivity index (χ2n) is 2.91. The number of Topliss-reactive ketones (excluding diaryl/α,β-unsaturated/α-hetero) is 1. The third-order valence-corrected chi connectivity index (χ3v) is 1.97. The molecule has 0 aliphatic rings. The van der Waals surface area contributed by atoms with Gasteiger partial charge in [0.2, 0.25) is 0 Å². The van der Waals surface area contributed by atoms with Gasteiger partial charge < -0.3 is 4.57 Å². The molecule has 0 fully saturated rings. The molecule has 0 unspecified atom stereocenters. The lowest BCUT2D eigenvalue weighted by atomic mass is 10.2. The number of halogens is 1. The smallest absolute Gasteiger partial charge is 0.178 e. The minimum atomic E-state index is -0.335. The average Bonchev–Trinajstić information content (AvgIpc) is 2.61. The lowest BCUT2D eigenvalue weighted by molar-refractivity contribution is 0.0979. The predicted octanol–water partition coefficient (Wildman–Crippen LogP) is 2.44. The molecular formula is C10H14FNO. The molecule has 13 heavy (non-hydrogen) atoms. The molecule has 2 nitrogen and oxygen atoms in total. The molecule has 0 aliphatic carbocycles. The summed E-state index contributed by atoms with van der Waals surface area (Å²) in [5.41, 5.74) is 0.691. The van der Waals surface area contributed by atoms with E-state index in [-0.39, 0.29) is 12.5 Å². The lowest BCUT2D eigenvalue weighted by Gasteiger charge is -2.05. The standard InChI is InChI=1S/C10H14FNO/c1-2-10(13)9-5-3-7-12(9)8-4-6-11/h3,5,7H,2,4,6,8H2,1H3. The number of carbonyl (C=O) groups excluding carboxylic acids is 1. The number of aromatic nitrogens is 1. The second kappa shape index (κ2) is 4.80. The van der Waals surface area contributed by atoms with Crippen LogP contribution in [0.4, 0.5) is 4.39 Å². The molecule has 1 aromatic heterocycles. The van der Waals surface area contributed by atoms with Crippen molar-refractivity contribution in [2.45, 2.75) is 26.3 Å². The van der Waals surface area contributed by atoms with Crippen molar-refractivity contribution in [2.75, 3.05) is 6.67 Å². The van der Waals surface area contributed by atoms with Crippen LogP contribution >= 0.6 is 0 Å². The first kappa shape index (κ1) is 9.96. The van der Waals surface area contributed by atoms with Gasteiger partial charge in [-0.25, -0.2) is 0 Å². The van der Waals surface area contributed by atoms with Gasteiger partial charge in [0.15, 0.2) is 5.78 Å².